The van der Waals surface area contributed by atoms with E-state index in [9.17, 15) is 4.79 Å². The van der Waals surface area contributed by atoms with Crippen molar-refractivity contribution in [1.82, 2.24) is 4.98 Å². The summed E-state index contributed by atoms with van der Waals surface area (Å²) in [6, 6.07) is 14.6. The van der Waals surface area contributed by atoms with Crippen LogP contribution in [0.4, 0.5) is 0 Å². The molecule has 0 N–H and O–H groups in total. The summed E-state index contributed by atoms with van der Waals surface area (Å²) in [6.45, 7) is 0. The van der Waals surface area contributed by atoms with Crippen LogP contribution < -0.4 is 0 Å². The van der Waals surface area contributed by atoms with Gasteiger partial charge in [-0.3, -0.25) is 9.78 Å². The van der Waals surface area contributed by atoms with Crippen LogP contribution in [0.15, 0.2) is 59.2 Å². The highest BCUT2D eigenvalue weighted by Crippen LogP contribution is 2.29. The lowest BCUT2D eigenvalue weighted by atomic mass is 9.99. The van der Waals surface area contributed by atoms with E-state index >= 15 is 0 Å². The van der Waals surface area contributed by atoms with Crippen LogP contribution in [0.25, 0.3) is 10.9 Å². The fourth-order valence-corrected chi connectivity index (χ4v) is 2.70. The van der Waals surface area contributed by atoms with Crippen molar-refractivity contribution in [3.05, 3.63) is 75.4 Å². The smallest absolute Gasteiger partial charge is 0.195 e. The predicted octanol–water partition coefficient (Wildman–Crippen LogP) is 4.88. The highest BCUT2D eigenvalue weighted by molar-refractivity contribution is 9.10. The average Bonchev–Trinajstić information content (AvgIpc) is 2.49. The summed E-state index contributed by atoms with van der Waals surface area (Å²) < 4.78 is 0.711. The first-order chi connectivity index (χ1) is 9.68. The molecule has 0 aliphatic rings. The molecule has 0 bridgehead atoms. The Kier molecular flexibility index (Phi) is 3.55. The van der Waals surface area contributed by atoms with Gasteiger partial charge in [-0.15, -0.1) is 0 Å². The van der Waals surface area contributed by atoms with Gasteiger partial charge in [0.1, 0.15) is 0 Å². The van der Waals surface area contributed by atoms with Gasteiger partial charge in [-0.2, -0.15) is 0 Å². The Bertz CT molecular complexity index is 811. The molecule has 2 nitrogen and oxygen atoms in total. The number of carbonyl (C=O) groups is 1. The highest BCUT2D eigenvalue weighted by atomic mass is 79.9. The van der Waals surface area contributed by atoms with E-state index in [0.29, 0.717) is 20.6 Å². The molecule has 0 amide bonds. The molecule has 0 atom stereocenters. The Hall–Kier alpha value is -1.71. The predicted molar refractivity (Wildman–Crippen MR) is 84.3 cm³/mol. The molecule has 0 unspecified atom stereocenters. The molecule has 0 radical (unpaired) electrons. The largest absolute Gasteiger partial charge is 0.289 e. The number of halogens is 2. The van der Waals surface area contributed by atoms with Crippen molar-refractivity contribution in [3.63, 3.8) is 0 Å². The van der Waals surface area contributed by atoms with Crippen LogP contribution in [-0.4, -0.2) is 10.8 Å². The minimum absolute atomic E-state index is 0.102. The number of nitrogens with zero attached hydrogens (tertiary/aromatic N) is 1. The second-order valence-electron chi connectivity index (χ2n) is 4.31. The summed E-state index contributed by atoms with van der Waals surface area (Å²) >= 11 is 9.55. The molecule has 0 aliphatic carbocycles. The molecule has 20 heavy (non-hydrogen) atoms. The summed E-state index contributed by atoms with van der Waals surface area (Å²) in [5.74, 6) is -0.102. The van der Waals surface area contributed by atoms with Crippen molar-refractivity contribution in [2.75, 3.05) is 0 Å². The fourth-order valence-electron chi connectivity index (χ4n) is 2.13. The maximum absolute atomic E-state index is 12.7. The van der Waals surface area contributed by atoms with Gasteiger partial charge in [-0.1, -0.05) is 35.9 Å². The molecule has 3 rings (SSSR count). The Morgan fingerprint density at radius 1 is 1.00 bits per heavy atom. The van der Waals surface area contributed by atoms with Gasteiger partial charge >= 0.3 is 0 Å². The average molecular weight is 347 g/mol. The molecule has 0 fully saturated rings. The number of carbonyl (C=O) groups excluding carboxylic acids is 1. The summed E-state index contributed by atoms with van der Waals surface area (Å²) in [7, 11) is 0. The number of pyridine rings is 1. The van der Waals surface area contributed by atoms with E-state index in [1.807, 2.05) is 30.3 Å². The van der Waals surface area contributed by atoms with Crippen LogP contribution in [0.1, 0.15) is 15.9 Å². The lowest BCUT2D eigenvalue weighted by Crippen LogP contribution is -2.03. The van der Waals surface area contributed by atoms with E-state index in [-0.39, 0.29) is 5.78 Å². The molecule has 0 saturated heterocycles. The van der Waals surface area contributed by atoms with Gasteiger partial charge in [0, 0.05) is 27.2 Å². The molecule has 0 spiro atoms. The maximum atomic E-state index is 12.7. The Morgan fingerprint density at radius 2 is 1.75 bits per heavy atom. The van der Waals surface area contributed by atoms with E-state index in [4.69, 9.17) is 11.6 Å². The van der Waals surface area contributed by atoms with Crippen molar-refractivity contribution in [3.8, 4) is 0 Å². The van der Waals surface area contributed by atoms with Crippen molar-refractivity contribution < 1.29 is 4.79 Å². The number of fused-ring (bicyclic) bond motifs is 1. The third-order valence-corrected chi connectivity index (χ3v) is 4.38. The van der Waals surface area contributed by atoms with E-state index in [1.54, 1.807) is 24.4 Å². The standard InChI is InChI=1S/C16H9BrClNO/c17-13-7-1-5-12(15(13)18)16(20)11-4-2-8-14-10(11)6-3-9-19-14/h1-9H. The number of ketones is 1. The third-order valence-electron chi connectivity index (χ3n) is 3.09. The number of rotatable bonds is 2. The third kappa shape index (κ3) is 2.23. The Balaban J connectivity index is 2.21. The van der Waals surface area contributed by atoms with Gasteiger partial charge in [-0.05, 0) is 40.2 Å². The quantitative estimate of drug-likeness (QED) is 0.619. The molecule has 1 aromatic heterocycles. The topological polar surface area (TPSA) is 30.0 Å². The van der Waals surface area contributed by atoms with Crippen LogP contribution >= 0.6 is 27.5 Å². The molecular weight excluding hydrogens is 338 g/mol. The van der Waals surface area contributed by atoms with Gasteiger partial charge in [0.05, 0.1) is 10.5 Å². The molecule has 1 heterocycles. The van der Waals surface area contributed by atoms with Crippen molar-refractivity contribution >= 4 is 44.2 Å². The molecule has 0 saturated carbocycles. The molecule has 2 aromatic carbocycles. The minimum Gasteiger partial charge on any atom is -0.289 e. The second-order valence-corrected chi connectivity index (χ2v) is 5.54. The number of benzene rings is 2. The summed E-state index contributed by atoms with van der Waals surface area (Å²) in [5.41, 5.74) is 1.89. The molecule has 98 valence electrons. The Morgan fingerprint density at radius 3 is 2.60 bits per heavy atom. The summed E-state index contributed by atoms with van der Waals surface area (Å²) in [4.78, 5) is 17.0. The van der Waals surface area contributed by atoms with Gasteiger partial charge < -0.3 is 0 Å². The molecule has 4 heteroatoms. The first kappa shape index (κ1) is 13.3. The van der Waals surface area contributed by atoms with E-state index < -0.39 is 0 Å². The van der Waals surface area contributed by atoms with Crippen molar-refractivity contribution in [2.24, 2.45) is 0 Å². The minimum atomic E-state index is -0.102. The second kappa shape index (κ2) is 5.35. The first-order valence-electron chi connectivity index (χ1n) is 6.01. The maximum Gasteiger partial charge on any atom is 0.195 e. The van der Waals surface area contributed by atoms with Gasteiger partial charge in [-0.25, -0.2) is 0 Å². The van der Waals surface area contributed by atoms with Gasteiger partial charge in [0.2, 0.25) is 0 Å². The zero-order valence-electron chi connectivity index (χ0n) is 10.3. The fraction of sp³-hybridized carbons (Fsp3) is 0. The normalized spacial score (nSPS) is 10.7. The summed E-state index contributed by atoms with van der Waals surface area (Å²) in [6.07, 6.45) is 1.71. The van der Waals surface area contributed by atoms with E-state index in [1.165, 1.54) is 0 Å². The summed E-state index contributed by atoms with van der Waals surface area (Å²) in [5, 5.41) is 1.26. The number of aromatic nitrogens is 1. The number of hydrogen-bond acceptors (Lipinski definition) is 2. The first-order valence-corrected chi connectivity index (χ1v) is 7.18. The van der Waals surface area contributed by atoms with Crippen molar-refractivity contribution in [2.45, 2.75) is 0 Å². The van der Waals surface area contributed by atoms with Crippen LogP contribution in [-0.2, 0) is 0 Å². The zero-order chi connectivity index (χ0) is 14.1. The SMILES string of the molecule is O=C(c1cccc(Br)c1Cl)c1cccc2ncccc12. The molecular formula is C16H9BrClNO. The number of hydrogen-bond donors (Lipinski definition) is 0. The molecule has 3 aromatic rings. The van der Waals surface area contributed by atoms with Gasteiger partial charge in [0.25, 0.3) is 0 Å². The van der Waals surface area contributed by atoms with Crippen molar-refractivity contribution in [1.29, 1.82) is 0 Å². The van der Waals surface area contributed by atoms with Crippen LogP contribution in [0.5, 0.6) is 0 Å². The van der Waals surface area contributed by atoms with E-state index in [2.05, 4.69) is 20.9 Å². The molecule has 0 aliphatic heterocycles. The van der Waals surface area contributed by atoms with Crippen LogP contribution in [0, 0.1) is 0 Å². The lowest BCUT2D eigenvalue weighted by Gasteiger charge is -2.07. The van der Waals surface area contributed by atoms with E-state index in [0.717, 1.165) is 10.9 Å². The van der Waals surface area contributed by atoms with Crippen LogP contribution in [0.3, 0.4) is 0 Å². The highest BCUT2D eigenvalue weighted by Gasteiger charge is 2.16. The van der Waals surface area contributed by atoms with Crippen LogP contribution in [0.2, 0.25) is 5.02 Å². The lowest BCUT2D eigenvalue weighted by molar-refractivity contribution is 0.104. The zero-order valence-corrected chi connectivity index (χ0v) is 12.6. The van der Waals surface area contributed by atoms with Gasteiger partial charge in [0.15, 0.2) is 5.78 Å². The Labute approximate surface area is 129 Å². The monoisotopic (exact) mass is 345 g/mol.